The average Bonchev–Trinajstić information content (AvgIpc) is 2.79. The molecule has 0 bridgehead atoms. The molecule has 3 aromatic carbocycles. The van der Waals surface area contributed by atoms with Crippen LogP contribution in [0.2, 0.25) is 0 Å². The zero-order valence-corrected chi connectivity index (χ0v) is 15.7. The lowest BCUT2D eigenvalue weighted by Gasteiger charge is -2.11. The fraction of sp³-hybridized carbons (Fsp3) is 0.0417. The molecule has 0 spiro atoms. The molecule has 0 atom stereocenters. The van der Waals surface area contributed by atoms with E-state index in [-0.39, 0.29) is 0 Å². The SMILES string of the molecule is [C-]#[N+]c1ccccc1-c1nc(-c2ccccc2C)nc(-c2ccccc2[N+]#[C-])n1. The highest BCUT2D eigenvalue weighted by atomic mass is 15.0. The zero-order chi connectivity index (χ0) is 20.2. The summed E-state index contributed by atoms with van der Waals surface area (Å²) in [5, 5.41) is 0. The van der Waals surface area contributed by atoms with Crippen molar-refractivity contribution >= 4 is 11.4 Å². The quantitative estimate of drug-likeness (QED) is 0.397. The van der Waals surface area contributed by atoms with Gasteiger partial charge in [0.25, 0.3) is 0 Å². The lowest BCUT2D eigenvalue weighted by molar-refractivity contribution is 1.07. The lowest BCUT2D eigenvalue weighted by atomic mass is 10.1. The molecule has 0 aliphatic rings. The van der Waals surface area contributed by atoms with Crippen molar-refractivity contribution in [3.05, 3.63) is 101 Å². The molecule has 0 unspecified atom stereocenters. The molecule has 29 heavy (non-hydrogen) atoms. The Morgan fingerprint density at radius 2 is 0.931 bits per heavy atom. The van der Waals surface area contributed by atoms with E-state index in [2.05, 4.69) is 24.6 Å². The van der Waals surface area contributed by atoms with Crippen LogP contribution in [-0.2, 0) is 0 Å². The number of hydrogen-bond acceptors (Lipinski definition) is 3. The Morgan fingerprint density at radius 1 is 0.552 bits per heavy atom. The number of rotatable bonds is 3. The third kappa shape index (κ3) is 3.45. The van der Waals surface area contributed by atoms with Gasteiger partial charge in [-0.25, -0.2) is 24.6 Å². The van der Waals surface area contributed by atoms with Crippen LogP contribution < -0.4 is 0 Å². The minimum Gasteiger partial charge on any atom is -0.237 e. The van der Waals surface area contributed by atoms with Crippen LogP contribution in [0.5, 0.6) is 0 Å². The van der Waals surface area contributed by atoms with Crippen molar-refractivity contribution in [1.29, 1.82) is 0 Å². The van der Waals surface area contributed by atoms with E-state index >= 15 is 0 Å². The van der Waals surface area contributed by atoms with Crippen LogP contribution in [0.1, 0.15) is 5.56 Å². The van der Waals surface area contributed by atoms with Crippen molar-refractivity contribution in [3.8, 4) is 34.2 Å². The largest absolute Gasteiger partial charge is 0.237 e. The molecule has 1 aromatic heterocycles. The first-order valence-electron chi connectivity index (χ1n) is 8.97. The van der Waals surface area contributed by atoms with E-state index in [9.17, 15) is 0 Å². The summed E-state index contributed by atoms with van der Waals surface area (Å²) >= 11 is 0. The minimum atomic E-state index is 0.416. The molecule has 0 saturated carbocycles. The van der Waals surface area contributed by atoms with Gasteiger partial charge in [0.2, 0.25) is 0 Å². The molecular formula is C24H15N5. The van der Waals surface area contributed by atoms with Gasteiger partial charge >= 0.3 is 0 Å². The Bertz CT molecular complexity index is 1220. The number of aryl methyl sites for hydroxylation is 1. The number of nitrogens with zero attached hydrogens (tertiary/aromatic N) is 5. The molecule has 0 saturated heterocycles. The summed E-state index contributed by atoms with van der Waals surface area (Å²) < 4.78 is 0. The second-order valence-corrected chi connectivity index (χ2v) is 6.38. The second kappa shape index (κ2) is 7.72. The van der Waals surface area contributed by atoms with Gasteiger partial charge in [0, 0.05) is 16.7 Å². The van der Waals surface area contributed by atoms with Crippen molar-refractivity contribution < 1.29 is 0 Å². The molecule has 0 aliphatic heterocycles. The fourth-order valence-corrected chi connectivity index (χ4v) is 3.08. The van der Waals surface area contributed by atoms with Gasteiger partial charge in [-0.15, -0.1) is 0 Å². The van der Waals surface area contributed by atoms with Gasteiger partial charge in [0.15, 0.2) is 28.8 Å². The first-order valence-corrected chi connectivity index (χ1v) is 8.97. The van der Waals surface area contributed by atoms with Crippen molar-refractivity contribution in [2.45, 2.75) is 6.92 Å². The summed E-state index contributed by atoms with van der Waals surface area (Å²) in [5.74, 6) is 1.35. The number of para-hydroxylation sites is 2. The van der Waals surface area contributed by atoms with Crippen LogP contribution in [0.15, 0.2) is 72.8 Å². The van der Waals surface area contributed by atoms with Gasteiger partial charge in [-0.1, -0.05) is 72.8 Å². The molecular weight excluding hydrogens is 358 g/mol. The van der Waals surface area contributed by atoms with E-state index in [0.717, 1.165) is 11.1 Å². The summed E-state index contributed by atoms with van der Waals surface area (Å²) in [6, 6.07) is 22.3. The molecule has 136 valence electrons. The Hall–Kier alpha value is -4.35. The molecule has 0 fully saturated rings. The molecule has 1 heterocycles. The standard InChI is InChI=1S/C24H15N5/c1-16-10-4-5-11-17(16)22-27-23(18-12-6-8-14-20(18)25-2)29-24(28-22)19-13-7-9-15-21(19)26-3/h4-15H,1H3. The second-order valence-electron chi connectivity index (χ2n) is 6.38. The summed E-state index contributed by atoms with van der Waals surface area (Å²) in [6.45, 7) is 17.0. The van der Waals surface area contributed by atoms with Gasteiger partial charge in [0.1, 0.15) is 0 Å². The van der Waals surface area contributed by atoms with Gasteiger partial charge in [-0.2, -0.15) is 0 Å². The summed E-state index contributed by atoms with van der Waals surface area (Å²) in [7, 11) is 0. The van der Waals surface area contributed by atoms with E-state index in [0.29, 0.717) is 40.0 Å². The molecule has 0 N–H and O–H groups in total. The van der Waals surface area contributed by atoms with Gasteiger partial charge in [0.05, 0.1) is 13.1 Å². The molecule has 0 radical (unpaired) electrons. The van der Waals surface area contributed by atoms with E-state index in [4.69, 9.17) is 13.1 Å². The van der Waals surface area contributed by atoms with Crippen LogP contribution in [0, 0.1) is 20.1 Å². The van der Waals surface area contributed by atoms with Crippen LogP contribution >= 0.6 is 0 Å². The summed E-state index contributed by atoms with van der Waals surface area (Å²) in [6.07, 6.45) is 0. The Balaban J connectivity index is 2.03. The number of hydrogen-bond donors (Lipinski definition) is 0. The maximum absolute atomic E-state index is 7.48. The Kier molecular flexibility index (Phi) is 4.80. The maximum Gasteiger partial charge on any atom is 0.198 e. The molecule has 5 nitrogen and oxygen atoms in total. The monoisotopic (exact) mass is 373 g/mol. The molecule has 0 aliphatic carbocycles. The minimum absolute atomic E-state index is 0.416. The predicted molar refractivity (Wildman–Crippen MR) is 113 cm³/mol. The van der Waals surface area contributed by atoms with Gasteiger partial charge in [-0.3, -0.25) is 0 Å². The van der Waals surface area contributed by atoms with E-state index < -0.39 is 0 Å². The lowest BCUT2D eigenvalue weighted by Crippen LogP contribution is -2.01. The van der Waals surface area contributed by atoms with Crippen LogP contribution in [-0.4, -0.2) is 15.0 Å². The highest BCUT2D eigenvalue weighted by molar-refractivity contribution is 5.79. The van der Waals surface area contributed by atoms with E-state index in [1.807, 2.05) is 67.6 Å². The van der Waals surface area contributed by atoms with Crippen molar-refractivity contribution in [2.75, 3.05) is 0 Å². The molecule has 4 rings (SSSR count). The van der Waals surface area contributed by atoms with Crippen molar-refractivity contribution in [1.82, 2.24) is 15.0 Å². The predicted octanol–water partition coefficient (Wildman–Crippen LogP) is 6.28. The number of benzene rings is 3. The maximum atomic E-state index is 7.48. The fourth-order valence-electron chi connectivity index (χ4n) is 3.08. The molecule has 5 heteroatoms. The van der Waals surface area contributed by atoms with E-state index in [1.54, 1.807) is 12.1 Å². The smallest absolute Gasteiger partial charge is 0.198 e. The van der Waals surface area contributed by atoms with Gasteiger partial charge in [-0.05, 0) is 12.5 Å². The molecule has 4 aromatic rings. The van der Waals surface area contributed by atoms with Crippen LogP contribution in [0.3, 0.4) is 0 Å². The van der Waals surface area contributed by atoms with Crippen molar-refractivity contribution in [3.63, 3.8) is 0 Å². The summed E-state index contributed by atoms with van der Waals surface area (Å²) in [5.41, 5.74) is 4.14. The summed E-state index contributed by atoms with van der Waals surface area (Å²) in [4.78, 5) is 21.2. The normalized spacial score (nSPS) is 10.2. The highest BCUT2D eigenvalue weighted by Crippen LogP contribution is 2.33. The molecule has 0 amide bonds. The van der Waals surface area contributed by atoms with E-state index in [1.165, 1.54) is 0 Å². The van der Waals surface area contributed by atoms with Crippen LogP contribution in [0.4, 0.5) is 11.4 Å². The first-order chi connectivity index (χ1) is 14.2. The average molecular weight is 373 g/mol. The van der Waals surface area contributed by atoms with Gasteiger partial charge < -0.3 is 0 Å². The Morgan fingerprint density at radius 3 is 1.38 bits per heavy atom. The number of aromatic nitrogens is 3. The first kappa shape index (κ1) is 18.0. The Labute approximate surface area is 169 Å². The zero-order valence-electron chi connectivity index (χ0n) is 15.7. The third-order valence-electron chi connectivity index (χ3n) is 4.55. The van der Waals surface area contributed by atoms with Crippen molar-refractivity contribution in [2.24, 2.45) is 0 Å². The topological polar surface area (TPSA) is 47.4 Å². The van der Waals surface area contributed by atoms with Crippen LogP contribution in [0.25, 0.3) is 43.9 Å². The third-order valence-corrected chi connectivity index (χ3v) is 4.55. The highest BCUT2D eigenvalue weighted by Gasteiger charge is 2.16.